The Morgan fingerprint density at radius 3 is 2.95 bits per heavy atom. The summed E-state index contributed by atoms with van der Waals surface area (Å²) in [5.74, 6) is 0. The van der Waals surface area contributed by atoms with Crippen molar-refractivity contribution in [1.82, 2.24) is 9.88 Å². The Kier molecular flexibility index (Phi) is 3.29. The molecule has 2 heterocycles. The number of aryl methyl sites for hydroxylation is 2. The molecule has 1 aliphatic rings. The van der Waals surface area contributed by atoms with Gasteiger partial charge in [0.2, 0.25) is 0 Å². The molecule has 19 heavy (non-hydrogen) atoms. The van der Waals surface area contributed by atoms with Crippen LogP contribution in [0.1, 0.15) is 26.7 Å². The van der Waals surface area contributed by atoms with E-state index in [1.807, 2.05) is 17.4 Å². The first-order chi connectivity index (χ1) is 9.13. The molecule has 3 nitrogen and oxygen atoms in total. The van der Waals surface area contributed by atoms with Crippen LogP contribution in [0.15, 0.2) is 18.2 Å². The quantitative estimate of drug-likeness (QED) is 0.856. The fourth-order valence-electron chi connectivity index (χ4n) is 2.60. The van der Waals surface area contributed by atoms with Crippen LogP contribution in [0.25, 0.3) is 0 Å². The second kappa shape index (κ2) is 4.94. The maximum absolute atomic E-state index is 6.09. The van der Waals surface area contributed by atoms with Crippen LogP contribution >= 0.6 is 11.3 Å². The Morgan fingerprint density at radius 2 is 2.21 bits per heavy atom. The molecule has 100 valence electrons. The number of fused-ring (bicyclic) bond motifs is 1. The minimum Gasteiger partial charge on any atom is -0.398 e. The van der Waals surface area contributed by atoms with Crippen molar-refractivity contribution in [2.45, 2.75) is 33.4 Å². The molecule has 1 aliphatic heterocycles. The number of thiazole rings is 1. The van der Waals surface area contributed by atoms with Gasteiger partial charge in [-0.1, -0.05) is 12.1 Å². The van der Waals surface area contributed by atoms with Crippen molar-refractivity contribution in [3.8, 4) is 0 Å². The normalized spacial score (nSPS) is 15.5. The highest BCUT2D eigenvalue weighted by atomic mass is 32.1. The van der Waals surface area contributed by atoms with Crippen molar-refractivity contribution in [1.29, 1.82) is 0 Å². The van der Waals surface area contributed by atoms with Gasteiger partial charge in [0.1, 0.15) is 5.01 Å². The molecule has 0 saturated heterocycles. The molecule has 1 aromatic heterocycles. The number of aromatic nitrogens is 1. The van der Waals surface area contributed by atoms with Gasteiger partial charge in [-0.3, -0.25) is 4.90 Å². The highest BCUT2D eigenvalue weighted by Crippen LogP contribution is 2.26. The van der Waals surface area contributed by atoms with Crippen LogP contribution in [-0.4, -0.2) is 16.4 Å². The molecule has 1 aromatic carbocycles. The SMILES string of the molecule is Cc1nc(CN2CCc3cccc(N)c3C2)sc1C. The fourth-order valence-corrected chi connectivity index (χ4v) is 3.57. The predicted octanol–water partition coefficient (Wildman–Crippen LogP) is 2.90. The van der Waals surface area contributed by atoms with Crippen molar-refractivity contribution in [3.05, 3.63) is 44.9 Å². The van der Waals surface area contributed by atoms with Crippen molar-refractivity contribution < 1.29 is 0 Å². The molecule has 0 spiro atoms. The van der Waals surface area contributed by atoms with Crippen molar-refractivity contribution in [2.75, 3.05) is 12.3 Å². The third-order valence-corrected chi connectivity index (χ3v) is 4.88. The summed E-state index contributed by atoms with van der Waals surface area (Å²) in [7, 11) is 0. The lowest BCUT2D eigenvalue weighted by molar-refractivity contribution is 0.246. The average molecular weight is 273 g/mol. The van der Waals surface area contributed by atoms with Gasteiger partial charge >= 0.3 is 0 Å². The number of hydrogen-bond donors (Lipinski definition) is 1. The zero-order chi connectivity index (χ0) is 13.4. The van der Waals surface area contributed by atoms with E-state index in [1.54, 1.807) is 0 Å². The van der Waals surface area contributed by atoms with E-state index < -0.39 is 0 Å². The fraction of sp³-hybridized carbons (Fsp3) is 0.400. The van der Waals surface area contributed by atoms with Crippen LogP contribution in [0, 0.1) is 13.8 Å². The summed E-state index contributed by atoms with van der Waals surface area (Å²) in [6, 6.07) is 6.25. The molecule has 0 saturated carbocycles. The standard InChI is InChI=1S/C15H19N3S/c1-10-11(2)19-15(17-10)9-18-7-6-12-4-3-5-14(16)13(12)8-18/h3-5H,6-9,16H2,1-2H3. The molecule has 0 fully saturated rings. The summed E-state index contributed by atoms with van der Waals surface area (Å²) in [6.07, 6.45) is 1.09. The summed E-state index contributed by atoms with van der Waals surface area (Å²) in [4.78, 5) is 8.40. The number of nitrogens with zero attached hydrogens (tertiary/aromatic N) is 2. The van der Waals surface area contributed by atoms with Gasteiger partial charge in [-0.25, -0.2) is 4.98 Å². The molecular weight excluding hydrogens is 254 g/mol. The zero-order valence-corrected chi connectivity index (χ0v) is 12.3. The maximum atomic E-state index is 6.09. The summed E-state index contributed by atoms with van der Waals surface area (Å²) in [5.41, 5.74) is 10.9. The smallest absolute Gasteiger partial charge is 0.107 e. The highest BCUT2D eigenvalue weighted by molar-refractivity contribution is 7.11. The second-order valence-electron chi connectivity index (χ2n) is 5.19. The summed E-state index contributed by atoms with van der Waals surface area (Å²) in [5, 5.41) is 1.22. The van der Waals surface area contributed by atoms with Gasteiger partial charge in [-0.05, 0) is 37.5 Å². The van der Waals surface area contributed by atoms with E-state index in [0.717, 1.165) is 37.4 Å². The van der Waals surface area contributed by atoms with Gasteiger partial charge < -0.3 is 5.73 Å². The van der Waals surface area contributed by atoms with Crippen LogP contribution in [0.4, 0.5) is 5.69 Å². The Balaban J connectivity index is 1.77. The molecule has 4 heteroatoms. The van der Waals surface area contributed by atoms with Gasteiger partial charge in [-0.2, -0.15) is 0 Å². The van der Waals surface area contributed by atoms with E-state index in [1.165, 1.54) is 21.0 Å². The van der Waals surface area contributed by atoms with Crippen LogP contribution in [-0.2, 0) is 19.5 Å². The van der Waals surface area contributed by atoms with Crippen LogP contribution in [0.2, 0.25) is 0 Å². The molecule has 0 amide bonds. The first-order valence-corrected chi connectivity index (χ1v) is 7.46. The van der Waals surface area contributed by atoms with E-state index >= 15 is 0 Å². The predicted molar refractivity (Wildman–Crippen MR) is 80.3 cm³/mol. The molecule has 0 radical (unpaired) electrons. The molecule has 0 bridgehead atoms. The van der Waals surface area contributed by atoms with E-state index in [9.17, 15) is 0 Å². The lowest BCUT2D eigenvalue weighted by Crippen LogP contribution is -2.30. The molecule has 0 atom stereocenters. The molecule has 0 unspecified atom stereocenters. The summed E-state index contributed by atoms with van der Waals surface area (Å²) >= 11 is 1.81. The third-order valence-electron chi connectivity index (χ3n) is 3.82. The largest absolute Gasteiger partial charge is 0.398 e. The van der Waals surface area contributed by atoms with Gasteiger partial charge in [0.15, 0.2) is 0 Å². The van der Waals surface area contributed by atoms with Crippen LogP contribution < -0.4 is 5.73 Å². The van der Waals surface area contributed by atoms with Crippen molar-refractivity contribution >= 4 is 17.0 Å². The van der Waals surface area contributed by atoms with E-state index in [4.69, 9.17) is 5.73 Å². The Labute approximate surface area is 118 Å². The lowest BCUT2D eigenvalue weighted by Gasteiger charge is -2.28. The minimum absolute atomic E-state index is 0.925. The molecular formula is C15H19N3S. The van der Waals surface area contributed by atoms with E-state index in [2.05, 4.69) is 35.9 Å². The van der Waals surface area contributed by atoms with Gasteiger partial charge in [-0.15, -0.1) is 11.3 Å². The Bertz CT molecular complexity index is 584. The Hall–Kier alpha value is -1.39. The number of hydrogen-bond acceptors (Lipinski definition) is 4. The highest BCUT2D eigenvalue weighted by Gasteiger charge is 2.19. The number of anilines is 1. The van der Waals surface area contributed by atoms with Crippen molar-refractivity contribution in [3.63, 3.8) is 0 Å². The maximum Gasteiger partial charge on any atom is 0.107 e. The molecule has 2 aromatic rings. The first kappa shape index (κ1) is 12.6. The topological polar surface area (TPSA) is 42.2 Å². The third kappa shape index (κ3) is 2.51. The minimum atomic E-state index is 0.925. The Morgan fingerprint density at radius 1 is 1.37 bits per heavy atom. The number of nitrogens with two attached hydrogens (primary N) is 1. The summed E-state index contributed by atoms with van der Waals surface area (Å²) < 4.78 is 0. The van der Waals surface area contributed by atoms with Crippen LogP contribution in [0.3, 0.4) is 0 Å². The molecule has 0 aliphatic carbocycles. The van der Waals surface area contributed by atoms with E-state index in [0.29, 0.717) is 0 Å². The van der Waals surface area contributed by atoms with Crippen LogP contribution in [0.5, 0.6) is 0 Å². The first-order valence-electron chi connectivity index (χ1n) is 6.65. The summed E-state index contributed by atoms with van der Waals surface area (Å²) in [6.45, 7) is 7.19. The van der Waals surface area contributed by atoms with Gasteiger partial charge in [0.25, 0.3) is 0 Å². The second-order valence-corrected chi connectivity index (χ2v) is 6.48. The number of nitrogen functional groups attached to an aromatic ring is 1. The number of benzene rings is 1. The lowest BCUT2D eigenvalue weighted by atomic mass is 9.98. The average Bonchev–Trinajstić information content (AvgIpc) is 2.69. The monoisotopic (exact) mass is 273 g/mol. The van der Waals surface area contributed by atoms with E-state index in [-0.39, 0.29) is 0 Å². The molecule has 3 rings (SSSR count). The van der Waals surface area contributed by atoms with Gasteiger partial charge in [0, 0.05) is 23.7 Å². The zero-order valence-electron chi connectivity index (χ0n) is 11.4. The molecule has 2 N–H and O–H groups in total. The number of rotatable bonds is 2. The van der Waals surface area contributed by atoms with Gasteiger partial charge in [0.05, 0.1) is 12.2 Å². The van der Waals surface area contributed by atoms with Crippen molar-refractivity contribution in [2.24, 2.45) is 0 Å².